The van der Waals surface area contributed by atoms with Crippen LogP contribution in [0.3, 0.4) is 0 Å². The molecule has 0 aromatic carbocycles. The number of hydrogen-bond acceptors (Lipinski definition) is 6. The average Bonchev–Trinajstić information content (AvgIpc) is 3.22. The van der Waals surface area contributed by atoms with E-state index in [9.17, 15) is 8.42 Å². The molecule has 0 saturated carbocycles. The maximum absolute atomic E-state index is 12.7. The lowest BCUT2D eigenvalue weighted by molar-refractivity contribution is 0.338. The van der Waals surface area contributed by atoms with Crippen LogP contribution in [-0.2, 0) is 16.6 Å². The van der Waals surface area contributed by atoms with Crippen molar-refractivity contribution in [3.63, 3.8) is 0 Å². The first-order valence-electron chi connectivity index (χ1n) is 9.68. The van der Waals surface area contributed by atoms with Crippen LogP contribution in [0.4, 0.5) is 5.82 Å². The molecule has 4 rings (SSSR count). The summed E-state index contributed by atoms with van der Waals surface area (Å²) in [6.07, 6.45) is 10.2. The molecule has 2 aromatic heterocycles. The minimum atomic E-state index is -3.41. The number of hydrogen-bond donors (Lipinski definition) is 0. The van der Waals surface area contributed by atoms with Gasteiger partial charge in [-0.05, 0) is 43.7 Å². The molecule has 2 aliphatic heterocycles. The first-order chi connectivity index (χ1) is 13.1. The van der Waals surface area contributed by atoms with Gasteiger partial charge >= 0.3 is 0 Å². The second-order valence-electron chi connectivity index (χ2n) is 7.37. The number of sulfonamides is 1. The molecule has 8 nitrogen and oxygen atoms in total. The van der Waals surface area contributed by atoms with Gasteiger partial charge in [-0.3, -0.25) is 4.68 Å². The largest absolute Gasteiger partial charge is 0.357 e. The minimum absolute atomic E-state index is 0.300. The molecule has 9 heteroatoms. The van der Waals surface area contributed by atoms with Crippen molar-refractivity contribution in [2.45, 2.75) is 43.5 Å². The quantitative estimate of drug-likeness (QED) is 0.774. The topological polar surface area (TPSA) is 84.2 Å². The summed E-state index contributed by atoms with van der Waals surface area (Å²) in [5.74, 6) is 1.44. The predicted octanol–water partition coefficient (Wildman–Crippen LogP) is 1.76. The molecular weight excluding hydrogens is 364 g/mol. The van der Waals surface area contributed by atoms with Crippen LogP contribution in [0.5, 0.6) is 0 Å². The molecule has 0 bridgehead atoms. The lowest BCUT2D eigenvalue weighted by atomic mass is 9.97. The van der Waals surface area contributed by atoms with Crippen LogP contribution in [0.25, 0.3) is 0 Å². The molecule has 0 atom stereocenters. The van der Waals surface area contributed by atoms with Gasteiger partial charge < -0.3 is 4.90 Å². The summed E-state index contributed by atoms with van der Waals surface area (Å²) in [6.45, 7) is 3.97. The number of anilines is 1. The molecule has 2 fully saturated rings. The van der Waals surface area contributed by atoms with Gasteiger partial charge in [0.05, 0.1) is 6.20 Å². The van der Waals surface area contributed by atoms with E-state index in [0.29, 0.717) is 23.9 Å². The zero-order valence-electron chi connectivity index (χ0n) is 15.4. The fraction of sp³-hybridized carbons (Fsp3) is 0.611. The maximum Gasteiger partial charge on any atom is 0.244 e. The molecule has 2 aromatic rings. The van der Waals surface area contributed by atoms with Crippen molar-refractivity contribution in [1.29, 1.82) is 0 Å². The Labute approximate surface area is 160 Å². The van der Waals surface area contributed by atoms with Crippen molar-refractivity contribution >= 4 is 15.8 Å². The molecule has 2 saturated heterocycles. The van der Waals surface area contributed by atoms with E-state index in [-0.39, 0.29) is 0 Å². The van der Waals surface area contributed by atoms with Crippen LogP contribution in [0, 0.1) is 5.92 Å². The summed E-state index contributed by atoms with van der Waals surface area (Å²) in [6, 6.07) is 3.54. The zero-order chi connectivity index (χ0) is 18.7. The molecule has 0 unspecified atom stereocenters. The van der Waals surface area contributed by atoms with Gasteiger partial charge in [-0.1, -0.05) is 11.6 Å². The SMILES string of the molecule is O=S(=O)(c1ccc(N2CCC(Cn3ccnn3)CC2)nc1)N1CCCCC1. The summed E-state index contributed by atoms with van der Waals surface area (Å²) in [5.41, 5.74) is 0. The Morgan fingerprint density at radius 1 is 1.04 bits per heavy atom. The minimum Gasteiger partial charge on any atom is -0.357 e. The Morgan fingerprint density at radius 3 is 2.44 bits per heavy atom. The molecule has 27 heavy (non-hydrogen) atoms. The first-order valence-corrected chi connectivity index (χ1v) is 11.1. The highest BCUT2D eigenvalue weighted by Crippen LogP contribution is 2.25. The Bertz CT molecular complexity index is 823. The summed E-state index contributed by atoms with van der Waals surface area (Å²) in [5, 5.41) is 7.89. The van der Waals surface area contributed by atoms with Gasteiger partial charge in [-0.25, -0.2) is 13.4 Å². The molecule has 4 heterocycles. The summed E-state index contributed by atoms with van der Waals surface area (Å²) < 4.78 is 28.9. The van der Waals surface area contributed by atoms with Crippen LogP contribution in [-0.4, -0.2) is 58.9 Å². The molecule has 0 aliphatic carbocycles. The average molecular weight is 391 g/mol. The van der Waals surface area contributed by atoms with Crippen LogP contribution >= 0.6 is 0 Å². The molecule has 146 valence electrons. The fourth-order valence-corrected chi connectivity index (χ4v) is 5.37. The predicted molar refractivity (Wildman–Crippen MR) is 102 cm³/mol. The van der Waals surface area contributed by atoms with Gasteiger partial charge in [0.1, 0.15) is 10.7 Å². The summed E-state index contributed by atoms with van der Waals surface area (Å²) >= 11 is 0. The molecule has 0 radical (unpaired) electrons. The lowest BCUT2D eigenvalue weighted by Gasteiger charge is -2.32. The van der Waals surface area contributed by atoms with E-state index >= 15 is 0 Å². The van der Waals surface area contributed by atoms with Crippen molar-refractivity contribution < 1.29 is 8.42 Å². The molecular formula is C18H26N6O2S. The van der Waals surface area contributed by atoms with Gasteiger partial charge in [-0.15, -0.1) is 5.10 Å². The highest BCUT2D eigenvalue weighted by atomic mass is 32.2. The van der Waals surface area contributed by atoms with E-state index < -0.39 is 10.0 Å². The van der Waals surface area contributed by atoms with Gasteiger partial charge in [-0.2, -0.15) is 4.31 Å². The standard InChI is InChI=1S/C18H26N6O2S/c25-27(26,24-9-2-1-3-10-24)17-4-5-18(19-14-17)22-11-6-16(7-12-22)15-23-13-8-20-21-23/h4-5,8,13-14,16H,1-3,6-7,9-12,15H2. The van der Waals surface area contributed by atoms with Crippen molar-refractivity contribution in [3.8, 4) is 0 Å². The van der Waals surface area contributed by atoms with E-state index in [1.807, 2.05) is 16.9 Å². The monoisotopic (exact) mass is 390 g/mol. The van der Waals surface area contributed by atoms with Gasteiger partial charge in [0.2, 0.25) is 10.0 Å². The van der Waals surface area contributed by atoms with Crippen LogP contribution in [0.2, 0.25) is 0 Å². The summed E-state index contributed by atoms with van der Waals surface area (Å²) in [7, 11) is -3.41. The maximum atomic E-state index is 12.7. The number of pyridine rings is 1. The number of rotatable bonds is 5. The van der Waals surface area contributed by atoms with Crippen LogP contribution < -0.4 is 4.90 Å². The number of piperidine rings is 2. The normalized spacial score (nSPS) is 20.1. The van der Waals surface area contributed by atoms with Gasteiger partial charge in [0.15, 0.2) is 0 Å². The Kier molecular flexibility index (Phi) is 5.40. The third-order valence-electron chi connectivity index (χ3n) is 5.53. The van der Waals surface area contributed by atoms with Crippen molar-refractivity contribution in [2.75, 3.05) is 31.1 Å². The summed E-state index contributed by atoms with van der Waals surface area (Å²) in [4.78, 5) is 6.99. The smallest absolute Gasteiger partial charge is 0.244 e. The Morgan fingerprint density at radius 2 is 1.81 bits per heavy atom. The van der Waals surface area contributed by atoms with E-state index in [2.05, 4.69) is 20.2 Å². The third-order valence-corrected chi connectivity index (χ3v) is 7.41. The van der Waals surface area contributed by atoms with Crippen LogP contribution in [0.15, 0.2) is 35.6 Å². The number of aromatic nitrogens is 4. The van der Waals surface area contributed by atoms with Crippen molar-refractivity contribution in [2.24, 2.45) is 5.92 Å². The highest BCUT2D eigenvalue weighted by molar-refractivity contribution is 7.89. The van der Waals surface area contributed by atoms with Crippen molar-refractivity contribution in [3.05, 3.63) is 30.7 Å². The zero-order valence-corrected chi connectivity index (χ0v) is 16.3. The second-order valence-corrected chi connectivity index (χ2v) is 9.31. The van der Waals surface area contributed by atoms with Crippen molar-refractivity contribution in [1.82, 2.24) is 24.3 Å². The first kappa shape index (κ1) is 18.4. The van der Waals surface area contributed by atoms with Gasteiger partial charge in [0.25, 0.3) is 0 Å². The van der Waals surface area contributed by atoms with E-state index in [4.69, 9.17) is 0 Å². The van der Waals surface area contributed by atoms with E-state index in [1.54, 1.807) is 16.6 Å². The second kappa shape index (κ2) is 7.93. The third kappa shape index (κ3) is 4.14. The molecule has 0 amide bonds. The van der Waals surface area contributed by atoms with E-state index in [1.165, 1.54) is 6.20 Å². The highest BCUT2D eigenvalue weighted by Gasteiger charge is 2.27. The number of nitrogens with zero attached hydrogens (tertiary/aromatic N) is 6. The fourth-order valence-electron chi connectivity index (χ4n) is 3.91. The lowest BCUT2D eigenvalue weighted by Crippen LogP contribution is -2.36. The van der Waals surface area contributed by atoms with Gasteiger partial charge in [0, 0.05) is 45.1 Å². The van der Waals surface area contributed by atoms with E-state index in [0.717, 1.165) is 57.6 Å². The van der Waals surface area contributed by atoms with Crippen LogP contribution in [0.1, 0.15) is 32.1 Å². The Balaban J connectivity index is 1.36. The molecule has 0 N–H and O–H groups in total. The molecule has 0 spiro atoms. The Hall–Kier alpha value is -2.00. The molecule has 2 aliphatic rings.